The van der Waals surface area contributed by atoms with Gasteiger partial charge in [0.05, 0.1) is 17.6 Å². The topological polar surface area (TPSA) is 93.7 Å². The number of halogens is 4. The number of piperidine rings is 1. The van der Waals surface area contributed by atoms with Gasteiger partial charge in [0.25, 0.3) is 10.0 Å². The molecule has 198 valence electrons. The molecule has 3 aromatic rings. The van der Waals surface area contributed by atoms with Gasteiger partial charge < -0.3 is 4.74 Å². The molecular weight excluding hydrogens is 536 g/mol. The van der Waals surface area contributed by atoms with Crippen molar-refractivity contribution in [2.75, 3.05) is 17.9 Å². The van der Waals surface area contributed by atoms with Crippen LogP contribution in [0.5, 0.6) is 5.75 Å². The Morgan fingerprint density at radius 1 is 1.11 bits per heavy atom. The van der Waals surface area contributed by atoms with E-state index in [2.05, 4.69) is 23.7 Å². The minimum atomic E-state index is -4.75. The highest BCUT2D eigenvalue weighted by Gasteiger charge is 2.41. The molecule has 5 rings (SSSR count). The number of ether oxygens (including phenoxy) is 2. The van der Waals surface area contributed by atoms with Gasteiger partial charge in [0.15, 0.2) is 0 Å². The summed E-state index contributed by atoms with van der Waals surface area (Å²) in [5.74, 6) is -0.0654. The minimum Gasteiger partial charge on any atom is -0.493 e. The molecule has 1 N–H and O–H groups in total. The number of hydrogen-bond donors (Lipinski definition) is 1. The number of sulfonamides is 1. The average molecular weight is 559 g/mol. The van der Waals surface area contributed by atoms with Gasteiger partial charge in [-0.2, -0.15) is 4.37 Å². The zero-order chi connectivity index (χ0) is 26.2. The molecule has 2 aromatic carbocycles. The summed E-state index contributed by atoms with van der Waals surface area (Å²) >= 11 is 0.901. The Morgan fingerprint density at radius 2 is 1.89 bits per heavy atom. The van der Waals surface area contributed by atoms with Crippen molar-refractivity contribution in [1.29, 1.82) is 0 Å². The number of rotatable bonds is 6. The third kappa shape index (κ3) is 5.87. The van der Waals surface area contributed by atoms with E-state index in [1.165, 1.54) is 30.6 Å². The molecule has 8 nitrogen and oxygen atoms in total. The molecule has 1 unspecified atom stereocenters. The molecule has 2 aliphatic heterocycles. The lowest BCUT2D eigenvalue weighted by Gasteiger charge is -2.45. The monoisotopic (exact) mass is 558 g/mol. The van der Waals surface area contributed by atoms with E-state index < -0.39 is 34.3 Å². The summed E-state index contributed by atoms with van der Waals surface area (Å²) < 4.78 is 94.4. The molecule has 0 bridgehead atoms. The standard InChI is InChI=1S/C23H22F4N4O4S2/c24-15-3-1-14(2-4-15)20-11-16(35-23(25,26)27)7-9-31(20)19-8-10-34-21-12-17(5-6-18(19)21)37(32,33)30-22-28-13-29-36-22/h1-6,12-13,16,19-20H,7-11H2,(H,28,29,30)/t16-,19?,20+/m0/s1. The second kappa shape index (κ2) is 10.2. The summed E-state index contributed by atoms with van der Waals surface area (Å²) in [6.45, 7) is 0.589. The number of nitrogens with zero attached hydrogens (tertiary/aromatic N) is 3. The molecule has 0 radical (unpaired) electrons. The first-order valence-electron chi connectivity index (χ1n) is 11.4. The maximum absolute atomic E-state index is 13.6. The van der Waals surface area contributed by atoms with Gasteiger partial charge in [-0.1, -0.05) is 18.2 Å². The van der Waals surface area contributed by atoms with Crippen LogP contribution in [0, 0.1) is 5.82 Å². The first-order valence-corrected chi connectivity index (χ1v) is 13.7. The van der Waals surface area contributed by atoms with Crippen molar-refractivity contribution in [3.63, 3.8) is 0 Å². The fourth-order valence-corrected chi connectivity index (χ4v) is 6.56. The third-order valence-electron chi connectivity index (χ3n) is 6.44. The van der Waals surface area contributed by atoms with Crippen LogP contribution in [0.25, 0.3) is 0 Å². The number of anilines is 1. The number of fused-ring (bicyclic) bond motifs is 1. The Morgan fingerprint density at radius 3 is 2.59 bits per heavy atom. The number of alkyl halides is 3. The molecule has 1 fully saturated rings. The SMILES string of the molecule is O=S(=O)(Nc1ncns1)c1ccc2c(c1)OCCC2N1CC[C@H](OC(F)(F)F)C[C@@H]1c1ccc(F)cc1. The highest BCUT2D eigenvalue weighted by molar-refractivity contribution is 7.93. The van der Waals surface area contributed by atoms with Crippen LogP contribution in [-0.2, 0) is 14.8 Å². The molecule has 1 aromatic heterocycles. The second-order valence-corrected chi connectivity index (χ2v) is 11.2. The van der Waals surface area contributed by atoms with E-state index in [-0.39, 0.29) is 28.9 Å². The van der Waals surface area contributed by atoms with Gasteiger partial charge in [-0.3, -0.25) is 14.4 Å². The molecule has 0 aliphatic carbocycles. The first-order chi connectivity index (χ1) is 17.6. The van der Waals surface area contributed by atoms with Crippen molar-refractivity contribution in [2.24, 2.45) is 0 Å². The predicted octanol–water partition coefficient (Wildman–Crippen LogP) is 5.04. The van der Waals surface area contributed by atoms with Gasteiger partial charge in [0.1, 0.15) is 17.9 Å². The van der Waals surface area contributed by atoms with Crippen LogP contribution in [0.4, 0.5) is 22.7 Å². The fourth-order valence-electron chi connectivity index (χ4n) is 4.89. The Balaban J connectivity index is 1.44. The van der Waals surface area contributed by atoms with Crippen LogP contribution in [0.2, 0.25) is 0 Å². The van der Waals surface area contributed by atoms with Gasteiger partial charge >= 0.3 is 6.36 Å². The molecule has 3 atom stereocenters. The maximum atomic E-state index is 13.6. The van der Waals surface area contributed by atoms with Crippen LogP contribution >= 0.6 is 11.5 Å². The van der Waals surface area contributed by atoms with Crippen LogP contribution in [0.1, 0.15) is 42.5 Å². The minimum absolute atomic E-state index is 0.0190. The molecule has 3 heterocycles. The van der Waals surface area contributed by atoms with Gasteiger partial charge in [-0.15, -0.1) is 13.2 Å². The van der Waals surface area contributed by atoms with Gasteiger partial charge in [-0.05, 0) is 36.6 Å². The number of nitrogens with one attached hydrogen (secondary N) is 1. The lowest BCUT2D eigenvalue weighted by Crippen LogP contribution is -2.44. The molecule has 1 saturated heterocycles. The number of benzene rings is 2. The fraction of sp³-hybridized carbons (Fsp3) is 0.391. The van der Waals surface area contributed by atoms with E-state index in [9.17, 15) is 26.0 Å². The van der Waals surface area contributed by atoms with Crippen molar-refractivity contribution in [2.45, 2.75) is 48.7 Å². The normalized spacial score (nSPS) is 22.8. The summed E-state index contributed by atoms with van der Waals surface area (Å²) in [4.78, 5) is 5.88. The Bertz CT molecular complexity index is 1340. The Hall–Kier alpha value is -2.81. The molecule has 0 amide bonds. The molecule has 0 saturated carbocycles. The molecular formula is C23H22F4N4O4S2. The van der Waals surface area contributed by atoms with Crippen molar-refractivity contribution >= 4 is 26.7 Å². The molecule has 14 heteroatoms. The zero-order valence-electron chi connectivity index (χ0n) is 19.2. The van der Waals surface area contributed by atoms with Crippen molar-refractivity contribution in [1.82, 2.24) is 14.3 Å². The molecule has 2 aliphatic rings. The van der Waals surface area contributed by atoms with Crippen LogP contribution in [0.3, 0.4) is 0 Å². The summed E-state index contributed by atoms with van der Waals surface area (Å²) in [5.41, 5.74) is 1.40. The maximum Gasteiger partial charge on any atom is 0.522 e. The van der Waals surface area contributed by atoms with E-state index in [0.717, 1.165) is 17.1 Å². The Kier molecular flexibility index (Phi) is 7.09. The highest BCUT2D eigenvalue weighted by Crippen LogP contribution is 2.45. The van der Waals surface area contributed by atoms with Gasteiger partial charge in [0.2, 0.25) is 5.13 Å². The predicted molar refractivity (Wildman–Crippen MR) is 126 cm³/mol. The number of hydrogen-bond acceptors (Lipinski definition) is 8. The third-order valence-corrected chi connectivity index (χ3v) is 8.48. The lowest BCUT2D eigenvalue weighted by molar-refractivity contribution is -0.347. The van der Waals surface area contributed by atoms with E-state index in [1.54, 1.807) is 18.2 Å². The first kappa shape index (κ1) is 25.8. The van der Waals surface area contributed by atoms with Crippen LogP contribution in [-0.4, -0.2) is 48.3 Å². The van der Waals surface area contributed by atoms with Gasteiger partial charge in [-0.25, -0.2) is 17.8 Å². The summed E-state index contributed by atoms with van der Waals surface area (Å²) in [6.07, 6.45) is -3.79. The average Bonchev–Trinajstić information content (AvgIpc) is 3.35. The van der Waals surface area contributed by atoms with Crippen molar-refractivity contribution < 1.29 is 35.5 Å². The van der Waals surface area contributed by atoms with Crippen molar-refractivity contribution in [3.8, 4) is 5.75 Å². The lowest BCUT2D eigenvalue weighted by atomic mass is 9.88. The van der Waals surface area contributed by atoms with Crippen molar-refractivity contribution in [3.05, 3.63) is 65.7 Å². The summed E-state index contributed by atoms with van der Waals surface area (Å²) in [5, 5.41) is 0.127. The summed E-state index contributed by atoms with van der Waals surface area (Å²) in [7, 11) is -3.94. The van der Waals surface area contributed by atoms with E-state index in [1.807, 2.05) is 0 Å². The highest BCUT2D eigenvalue weighted by atomic mass is 32.2. The zero-order valence-corrected chi connectivity index (χ0v) is 20.8. The largest absolute Gasteiger partial charge is 0.522 e. The molecule has 0 spiro atoms. The quantitative estimate of drug-likeness (QED) is 0.424. The van der Waals surface area contributed by atoms with E-state index in [0.29, 0.717) is 30.9 Å². The van der Waals surface area contributed by atoms with E-state index >= 15 is 0 Å². The Labute approximate surface area is 214 Å². The smallest absolute Gasteiger partial charge is 0.493 e. The summed E-state index contributed by atoms with van der Waals surface area (Å²) in [6, 6.07) is 9.51. The van der Waals surface area contributed by atoms with Gasteiger partial charge in [0, 0.05) is 48.2 Å². The van der Waals surface area contributed by atoms with Crippen LogP contribution in [0.15, 0.2) is 53.7 Å². The number of likely N-dealkylation sites (tertiary alicyclic amines) is 1. The molecule has 37 heavy (non-hydrogen) atoms. The second-order valence-electron chi connectivity index (χ2n) is 8.72. The van der Waals surface area contributed by atoms with Crippen LogP contribution < -0.4 is 9.46 Å². The number of aromatic nitrogens is 2. The van der Waals surface area contributed by atoms with E-state index in [4.69, 9.17) is 4.74 Å².